The molecule has 11 nitrogen and oxygen atoms in total. The quantitative estimate of drug-likeness (QED) is 0.328. The number of furan rings is 1. The van der Waals surface area contributed by atoms with Gasteiger partial charge in [0.15, 0.2) is 5.76 Å². The number of aryl methyl sites for hydroxylation is 1. The van der Waals surface area contributed by atoms with Crippen LogP contribution in [0.15, 0.2) is 59.0 Å². The maximum atomic E-state index is 13.9. The van der Waals surface area contributed by atoms with Gasteiger partial charge in [-0.3, -0.25) is 14.1 Å². The lowest BCUT2D eigenvalue weighted by atomic mass is 9.90. The predicted molar refractivity (Wildman–Crippen MR) is 149 cm³/mol. The minimum atomic E-state index is -4.14. The summed E-state index contributed by atoms with van der Waals surface area (Å²) in [6.45, 7) is 3.48. The van der Waals surface area contributed by atoms with Crippen LogP contribution in [0.2, 0.25) is 0 Å². The number of amides is 1. The first kappa shape index (κ1) is 28.1. The highest BCUT2D eigenvalue weighted by Crippen LogP contribution is 2.39. The van der Waals surface area contributed by atoms with E-state index < -0.39 is 21.1 Å². The third-order valence-electron chi connectivity index (χ3n) is 7.12. The number of anilines is 1. The van der Waals surface area contributed by atoms with Crippen molar-refractivity contribution < 1.29 is 31.5 Å². The molecule has 1 N–H and O–H groups in total. The standard InChI is InChI=1S/C28H30FN5O6S/c1-17-8-13-25(40-17)27-30-31-28(34(27)26-23(38-3)6-5-7-24(26)39-4)32-41(36,37)22-14-20(15-33(16-22)18(2)35)19-9-11-21(29)12-10-19/h5-13,20,22H,14-16H2,1-4H3,(H,31,32)/t20-,22+/m0/s1. The first-order valence-electron chi connectivity index (χ1n) is 12.9. The lowest BCUT2D eigenvalue weighted by Gasteiger charge is -2.37. The van der Waals surface area contributed by atoms with Crippen LogP contribution >= 0.6 is 0 Å². The number of nitrogens with zero attached hydrogens (tertiary/aromatic N) is 4. The van der Waals surface area contributed by atoms with E-state index in [1.165, 1.54) is 42.7 Å². The van der Waals surface area contributed by atoms with Gasteiger partial charge in [0.25, 0.3) is 0 Å². The van der Waals surface area contributed by atoms with Crippen molar-refractivity contribution in [3.63, 3.8) is 0 Å². The molecular formula is C28H30FN5O6S. The summed E-state index contributed by atoms with van der Waals surface area (Å²) in [4.78, 5) is 13.9. The van der Waals surface area contributed by atoms with Crippen LogP contribution in [0, 0.1) is 12.7 Å². The number of likely N-dealkylation sites (tertiary alicyclic amines) is 1. The van der Waals surface area contributed by atoms with Gasteiger partial charge in [0, 0.05) is 25.9 Å². The zero-order chi connectivity index (χ0) is 29.3. The molecule has 13 heteroatoms. The van der Waals surface area contributed by atoms with E-state index in [-0.39, 0.29) is 36.6 Å². The Morgan fingerprint density at radius 2 is 1.71 bits per heavy atom. The summed E-state index contributed by atoms with van der Waals surface area (Å²) in [7, 11) is -1.17. The fourth-order valence-electron chi connectivity index (χ4n) is 5.05. The van der Waals surface area contributed by atoms with Gasteiger partial charge in [0.1, 0.15) is 28.8 Å². The lowest BCUT2D eigenvalue weighted by molar-refractivity contribution is -0.129. The normalized spacial score (nSPS) is 17.3. The summed E-state index contributed by atoms with van der Waals surface area (Å²) in [5.74, 6) is 0.876. The van der Waals surface area contributed by atoms with E-state index in [2.05, 4.69) is 14.9 Å². The number of sulfonamides is 1. The smallest absolute Gasteiger partial charge is 0.243 e. The molecule has 3 heterocycles. The molecule has 0 bridgehead atoms. The van der Waals surface area contributed by atoms with Crippen molar-refractivity contribution in [2.45, 2.75) is 31.4 Å². The maximum Gasteiger partial charge on any atom is 0.243 e. The van der Waals surface area contributed by atoms with Crippen molar-refractivity contribution in [2.24, 2.45) is 0 Å². The number of halogens is 1. The van der Waals surface area contributed by atoms with Gasteiger partial charge in [-0.15, -0.1) is 10.2 Å². The van der Waals surface area contributed by atoms with Gasteiger partial charge >= 0.3 is 0 Å². The van der Waals surface area contributed by atoms with Crippen LogP contribution in [0.4, 0.5) is 10.3 Å². The molecular weight excluding hydrogens is 553 g/mol. The molecule has 0 aliphatic carbocycles. The van der Waals surface area contributed by atoms with E-state index >= 15 is 0 Å². The van der Waals surface area contributed by atoms with E-state index in [0.717, 1.165) is 5.56 Å². The van der Waals surface area contributed by atoms with Crippen LogP contribution in [0.25, 0.3) is 17.3 Å². The molecule has 41 heavy (non-hydrogen) atoms. The zero-order valence-corrected chi connectivity index (χ0v) is 23.8. The molecule has 1 aliphatic heterocycles. The number of ether oxygens (including phenoxy) is 2. The van der Waals surface area contributed by atoms with Crippen molar-refractivity contribution in [3.05, 3.63) is 71.7 Å². The number of methoxy groups -OCH3 is 2. The number of nitrogens with one attached hydrogen (secondary N) is 1. The summed E-state index contributed by atoms with van der Waals surface area (Å²) in [5.41, 5.74) is 1.11. The van der Waals surface area contributed by atoms with Crippen LogP contribution < -0.4 is 14.2 Å². The van der Waals surface area contributed by atoms with Gasteiger partial charge in [-0.25, -0.2) is 12.8 Å². The summed E-state index contributed by atoms with van der Waals surface area (Å²) in [6, 6.07) is 14.5. The SMILES string of the molecule is COc1cccc(OC)c1-n1c(NS(=O)(=O)[C@@H]2C[C@H](c3ccc(F)cc3)CN(C(C)=O)C2)nnc1-c1ccc(C)o1. The third kappa shape index (κ3) is 5.62. The number of benzene rings is 2. The van der Waals surface area contributed by atoms with E-state index in [1.54, 1.807) is 49.4 Å². The second kappa shape index (κ2) is 11.2. The summed E-state index contributed by atoms with van der Waals surface area (Å²) in [5, 5.41) is 7.44. The van der Waals surface area contributed by atoms with Crippen LogP contribution in [0.1, 0.15) is 30.6 Å². The van der Waals surface area contributed by atoms with Crippen molar-refractivity contribution >= 4 is 21.9 Å². The Kier molecular flexibility index (Phi) is 7.72. The number of hydrogen-bond acceptors (Lipinski definition) is 8. The summed E-state index contributed by atoms with van der Waals surface area (Å²) in [6.07, 6.45) is 0.209. The van der Waals surface area contributed by atoms with E-state index in [1.807, 2.05) is 0 Å². The Morgan fingerprint density at radius 3 is 2.29 bits per heavy atom. The van der Waals surface area contributed by atoms with Gasteiger partial charge in [-0.2, -0.15) is 0 Å². The Hall–Kier alpha value is -4.39. The number of rotatable bonds is 8. The molecule has 0 spiro atoms. The van der Waals surface area contributed by atoms with Gasteiger partial charge in [0.2, 0.25) is 27.7 Å². The van der Waals surface area contributed by atoms with Crippen molar-refractivity contribution in [1.82, 2.24) is 19.7 Å². The van der Waals surface area contributed by atoms with E-state index in [9.17, 15) is 17.6 Å². The monoisotopic (exact) mass is 583 g/mol. The summed E-state index contributed by atoms with van der Waals surface area (Å²) < 4.78 is 62.5. The second-order valence-electron chi connectivity index (χ2n) is 9.78. The number of hydrogen-bond donors (Lipinski definition) is 1. The first-order valence-corrected chi connectivity index (χ1v) is 14.4. The van der Waals surface area contributed by atoms with E-state index in [4.69, 9.17) is 13.9 Å². The molecule has 1 saturated heterocycles. The van der Waals surface area contributed by atoms with Gasteiger partial charge in [-0.1, -0.05) is 18.2 Å². The minimum absolute atomic E-state index is 0.0152. The highest BCUT2D eigenvalue weighted by molar-refractivity contribution is 7.93. The molecule has 0 unspecified atom stereocenters. The molecule has 2 aromatic heterocycles. The molecule has 0 saturated carbocycles. The minimum Gasteiger partial charge on any atom is -0.494 e. The third-order valence-corrected chi connectivity index (χ3v) is 8.81. The fraction of sp³-hybridized carbons (Fsp3) is 0.321. The van der Waals surface area contributed by atoms with Gasteiger partial charge in [-0.05, 0) is 55.3 Å². The number of carbonyl (C=O) groups is 1. The van der Waals surface area contributed by atoms with Crippen molar-refractivity contribution in [3.8, 4) is 28.8 Å². The molecule has 2 atom stereocenters. The van der Waals surface area contributed by atoms with Crippen LogP contribution in [-0.2, 0) is 14.8 Å². The Balaban J connectivity index is 1.57. The highest BCUT2D eigenvalue weighted by Gasteiger charge is 2.38. The van der Waals surface area contributed by atoms with Gasteiger partial charge in [0.05, 0.1) is 19.5 Å². The van der Waals surface area contributed by atoms with Crippen molar-refractivity contribution in [1.29, 1.82) is 0 Å². The molecule has 1 amide bonds. The molecule has 1 aliphatic rings. The topological polar surface area (TPSA) is 129 Å². The Morgan fingerprint density at radius 1 is 1.02 bits per heavy atom. The fourth-order valence-corrected chi connectivity index (χ4v) is 6.47. The van der Waals surface area contributed by atoms with Crippen LogP contribution in [0.3, 0.4) is 0 Å². The van der Waals surface area contributed by atoms with Crippen LogP contribution in [0.5, 0.6) is 11.5 Å². The molecule has 1 fully saturated rings. The Labute approximate surface area is 236 Å². The second-order valence-corrected chi connectivity index (χ2v) is 11.7. The molecule has 4 aromatic rings. The molecule has 216 valence electrons. The average molecular weight is 584 g/mol. The molecule has 0 radical (unpaired) electrons. The first-order chi connectivity index (χ1) is 19.6. The number of piperidine rings is 1. The number of aromatic nitrogens is 3. The van der Waals surface area contributed by atoms with Gasteiger partial charge < -0.3 is 18.8 Å². The summed E-state index contributed by atoms with van der Waals surface area (Å²) >= 11 is 0. The number of para-hydroxylation sites is 1. The molecule has 2 aromatic carbocycles. The number of carbonyl (C=O) groups excluding carboxylic acids is 1. The van der Waals surface area contributed by atoms with E-state index in [0.29, 0.717) is 35.3 Å². The Bertz CT molecular complexity index is 1650. The predicted octanol–water partition coefficient (Wildman–Crippen LogP) is 4.14. The van der Waals surface area contributed by atoms with Crippen molar-refractivity contribution in [2.75, 3.05) is 32.0 Å². The van der Waals surface area contributed by atoms with Crippen LogP contribution in [-0.4, -0.2) is 66.5 Å². The maximum absolute atomic E-state index is 13.9. The zero-order valence-electron chi connectivity index (χ0n) is 23.0. The molecule has 5 rings (SSSR count). The largest absolute Gasteiger partial charge is 0.494 e. The highest BCUT2D eigenvalue weighted by atomic mass is 32.2. The lowest BCUT2D eigenvalue weighted by Crippen LogP contribution is -2.48. The average Bonchev–Trinajstić information content (AvgIpc) is 3.57.